The van der Waals surface area contributed by atoms with E-state index in [2.05, 4.69) is 6.58 Å². The lowest BCUT2D eigenvalue weighted by Crippen LogP contribution is -2.06. The van der Waals surface area contributed by atoms with Crippen LogP contribution in [0.4, 0.5) is 0 Å². The number of nitriles is 2. The highest BCUT2D eigenvalue weighted by molar-refractivity contribution is 5.31. The second kappa shape index (κ2) is 3.48. The molecule has 10 heavy (non-hydrogen) atoms. The Bertz CT molecular complexity index is 211. The number of nitrogens with zero attached hydrogens (tertiary/aromatic N) is 2. The molecule has 2 heteroatoms. The van der Waals surface area contributed by atoms with Gasteiger partial charge in [0.25, 0.3) is 0 Å². The predicted molar refractivity (Wildman–Crippen MR) is 38.7 cm³/mol. The van der Waals surface area contributed by atoms with E-state index in [1.807, 2.05) is 12.1 Å². The smallest absolute Gasteiger partial charge is 0.179 e. The summed E-state index contributed by atoms with van der Waals surface area (Å²) in [5.74, 6) is 0. The van der Waals surface area contributed by atoms with E-state index in [0.29, 0.717) is 0 Å². The molecule has 0 aromatic heterocycles. The summed E-state index contributed by atoms with van der Waals surface area (Å²) >= 11 is 0. The van der Waals surface area contributed by atoms with Crippen molar-refractivity contribution >= 4 is 0 Å². The summed E-state index contributed by atoms with van der Waals surface area (Å²) in [5, 5.41) is 17.0. The molecule has 0 fully saturated rings. The molecule has 0 saturated heterocycles. The SMILES string of the molecule is C=CC(C#N)(C#N)C=CC. The lowest BCUT2D eigenvalue weighted by Gasteiger charge is -2.04. The van der Waals surface area contributed by atoms with Crippen molar-refractivity contribution in [3.63, 3.8) is 0 Å². The Hall–Kier alpha value is -1.54. The van der Waals surface area contributed by atoms with E-state index >= 15 is 0 Å². The molecule has 0 aliphatic heterocycles. The lowest BCUT2D eigenvalue weighted by molar-refractivity contribution is 0.858. The molecular weight excluding hydrogens is 124 g/mol. The van der Waals surface area contributed by atoms with Crippen LogP contribution in [0.15, 0.2) is 24.8 Å². The lowest BCUT2D eigenvalue weighted by atomic mass is 9.92. The van der Waals surface area contributed by atoms with Crippen LogP contribution in [-0.2, 0) is 0 Å². The van der Waals surface area contributed by atoms with Crippen LogP contribution in [0.25, 0.3) is 0 Å². The van der Waals surface area contributed by atoms with E-state index in [-0.39, 0.29) is 0 Å². The number of rotatable bonds is 2. The van der Waals surface area contributed by atoms with E-state index in [4.69, 9.17) is 10.5 Å². The summed E-state index contributed by atoms with van der Waals surface area (Å²) in [6.45, 7) is 5.15. The zero-order chi connectivity index (χ0) is 8.04. The van der Waals surface area contributed by atoms with Gasteiger partial charge in [-0.05, 0) is 6.92 Å². The van der Waals surface area contributed by atoms with Crippen LogP contribution < -0.4 is 0 Å². The monoisotopic (exact) mass is 132 g/mol. The molecule has 0 unspecified atom stereocenters. The Balaban J connectivity index is 4.74. The van der Waals surface area contributed by atoms with Crippen molar-refractivity contribution in [3.05, 3.63) is 24.8 Å². The molecule has 50 valence electrons. The molecule has 0 rings (SSSR count). The fraction of sp³-hybridized carbons (Fsp3) is 0.250. The summed E-state index contributed by atoms with van der Waals surface area (Å²) in [7, 11) is 0. The average molecular weight is 132 g/mol. The van der Waals surface area contributed by atoms with Gasteiger partial charge in [0.05, 0.1) is 12.1 Å². The van der Waals surface area contributed by atoms with Crippen molar-refractivity contribution in [1.29, 1.82) is 10.5 Å². The molecule has 0 aromatic carbocycles. The third-order valence-corrected chi connectivity index (χ3v) is 1.12. The molecular formula is C8H8N2. The Morgan fingerprint density at radius 2 is 1.90 bits per heavy atom. The van der Waals surface area contributed by atoms with Crippen LogP contribution in [0.1, 0.15) is 6.92 Å². The largest absolute Gasteiger partial charge is 0.196 e. The third-order valence-electron chi connectivity index (χ3n) is 1.12. The van der Waals surface area contributed by atoms with Gasteiger partial charge < -0.3 is 0 Å². The summed E-state index contributed by atoms with van der Waals surface area (Å²) in [5.41, 5.74) is -1.13. The van der Waals surface area contributed by atoms with Gasteiger partial charge in [-0.15, -0.1) is 6.58 Å². The molecule has 0 saturated carbocycles. The number of hydrogen-bond donors (Lipinski definition) is 0. The topological polar surface area (TPSA) is 47.6 Å². The van der Waals surface area contributed by atoms with E-state index < -0.39 is 5.41 Å². The Morgan fingerprint density at radius 1 is 1.40 bits per heavy atom. The minimum absolute atomic E-state index is 1.13. The van der Waals surface area contributed by atoms with Crippen LogP contribution in [-0.4, -0.2) is 0 Å². The van der Waals surface area contributed by atoms with Gasteiger partial charge in [-0.3, -0.25) is 0 Å². The molecule has 0 heterocycles. The summed E-state index contributed by atoms with van der Waals surface area (Å²) in [4.78, 5) is 0. The summed E-state index contributed by atoms with van der Waals surface area (Å²) < 4.78 is 0. The first-order chi connectivity index (χ1) is 4.74. The molecule has 0 atom stereocenters. The second-order valence-corrected chi connectivity index (χ2v) is 1.80. The molecule has 0 radical (unpaired) electrons. The maximum Gasteiger partial charge on any atom is 0.179 e. The van der Waals surface area contributed by atoms with Gasteiger partial charge in [0.15, 0.2) is 5.41 Å². The molecule has 0 aliphatic carbocycles. The van der Waals surface area contributed by atoms with Gasteiger partial charge >= 0.3 is 0 Å². The number of allylic oxidation sites excluding steroid dienone is 3. The first kappa shape index (κ1) is 8.46. The highest BCUT2D eigenvalue weighted by Gasteiger charge is 2.20. The first-order valence-corrected chi connectivity index (χ1v) is 2.84. The van der Waals surface area contributed by atoms with Gasteiger partial charge in [-0.25, -0.2) is 0 Å². The zero-order valence-corrected chi connectivity index (χ0v) is 5.83. The maximum atomic E-state index is 8.51. The zero-order valence-electron chi connectivity index (χ0n) is 5.83. The van der Waals surface area contributed by atoms with Crippen LogP contribution in [0.3, 0.4) is 0 Å². The molecule has 0 amide bonds. The summed E-state index contributed by atoms with van der Waals surface area (Å²) in [6.07, 6.45) is 4.50. The van der Waals surface area contributed by atoms with Crippen molar-refractivity contribution in [2.75, 3.05) is 0 Å². The van der Waals surface area contributed by atoms with Crippen molar-refractivity contribution in [2.24, 2.45) is 5.41 Å². The van der Waals surface area contributed by atoms with Gasteiger partial charge in [0.1, 0.15) is 0 Å². The maximum absolute atomic E-state index is 8.51. The Labute approximate surface area is 60.7 Å². The predicted octanol–water partition coefficient (Wildman–Crippen LogP) is 1.78. The molecule has 0 N–H and O–H groups in total. The van der Waals surface area contributed by atoms with Crippen molar-refractivity contribution in [3.8, 4) is 12.1 Å². The van der Waals surface area contributed by atoms with Crippen molar-refractivity contribution in [1.82, 2.24) is 0 Å². The van der Waals surface area contributed by atoms with Crippen LogP contribution in [0.2, 0.25) is 0 Å². The highest BCUT2D eigenvalue weighted by Crippen LogP contribution is 2.17. The van der Waals surface area contributed by atoms with E-state index in [9.17, 15) is 0 Å². The molecule has 0 spiro atoms. The Morgan fingerprint density at radius 3 is 2.00 bits per heavy atom. The summed E-state index contributed by atoms with van der Waals surface area (Å²) in [6, 6.07) is 3.70. The third kappa shape index (κ3) is 1.47. The highest BCUT2D eigenvalue weighted by atomic mass is 14.4. The van der Waals surface area contributed by atoms with E-state index in [1.54, 1.807) is 13.0 Å². The fourth-order valence-corrected chi connectivity index (χ4v) is 0.522. The van der Waals surface area contributed by atoms with E-state index in [1.165, 1.54) is 12.2 Å². The van der Waals surface area contributed by atoms with Gasteiger partial charge in [0.2, 0.25) is 0 Å². The second-order valence-electron chi connectivity index (χ2n) is 1.80. The molecule has 0 bridgehead atoms. The van der Waals surface area contributed by atoms with Gasteiger partial charge in [-0.2, -0.15) is 10.5 Å². The standard InChI is InChI=1S/C8H8N2/c1-3-5-8(4-2,6-9)7-10/h3-5H,2H2,1H3. The molecule has 2 nitrogen and oxygen atoms in total. The quantitative estimate of drug-likeness (QED) is 0.537. The Kier molecular flexibility index (Phi) is 2.94. The van der Waals surface area contributed by atoms with Gasteiger partial charge in [0, 0.05) is 0 Å². The van der Waals surface area contributed by atoms with Crippen LogP contribution in [0, 0.1) is 28.1 Å². The minimum Gasteiger partial charge on any atom is -0.196 e. The normalized spacial score (nSPS) is 10.3. The number of hydrogen-bond acceptors (Lipinski definition) is 2. The minimum atomic E-state index is -1.13. The molecule has 0 aliphatic rings. The van der Waals surface area contributed by atoms with Crippen LogP contribution >= 0.6 is 0 Å². The average Bonchev–Trinajstić information content (AvgIpc) is 2.01. The molecule has 0 aromatic rings. The first-order valence-electron chi connectivity index (χ1n) is 2.84. The van der Waals surface area contributed by atoms with Crippen molar-refractivity contribution < 1.29 is 0 Å². The van der Waals surface area contributed by atoms with Crippen molar-refractivity contribution in [2.45, 2.75) is 6.92 Å². The van der Waals surface area contributed by atoms with E-state index in [0.717, 1.165) is 0 Å². The fourth-order valence-electron chi connectivity index (χ4n) is 0.522. The van der Waals surface area contributed by atoms with Gasteiger partial charge in [-0.1, -0.05) is 18.2 Å². The van der Waals surface area contributed by atoms with Crippen LogP contribution in [0.5, 0.6) is 0 Å².